The van der Waals surface area contributed by atoms with E-state index in [0.29, 0.717) is 18.9 Å². The Morgan fingerprint density at radius 2 is 2.08 bits per heavy atom. The summed E-state index contributed by atoms with van der Waals surface area (Å²) < 4.78 is 0. The highest BCUT2D eigenvalue weighted by Crippen LogP contribution is 2.23. The summed E-state index contributed by atoms with van der Waals surface area (Å²) in [5.41, 5.74) is 6.64. The molecule has 0 aromatic carbocycles. The van der Waals surface area contributed by atoms with Gasteiger partial charge in [0.2, 0.25) is 11.8 Å². The molecule has 1 aromatic heterocycles. The number of rotatable bonds is 3. The summed E-state index contributed by atoms with van der Waals surface area (Å²) in [5.74, 6) is 0.163. The maximum absolute atomic E-state index is 12.6. The molecule has 0 saturated carbocycles. The zero-order chi connectivity index (χ0) is 17.9. The molecule has 0 bridgehead atoms. The van der Waals surface area contributed by atoms with Crippen molar-refractivity contribution in [2.75, 3.05) is 18.4 Å². The molecule has 2 heterocycles. The number of pyridine rings is 1. The first-order valence-corrected chi connectivity index (χ1v) is 8.47. The van der Waals surface area contributed by atoms with Gasteiger partial charge in [-0.05, 0) is 37.3 Å². The highest BCUT2D eigenvalue weighted by Gasteiger charge is 2.35. The molecule has 1 aromatic rings. The van der Waals surface area contributed by atoms with Crippen LogP contribution in [0.4, 0.5) is 5.82 Å². The Balaban J connectivity index is 1.99. The fourth-order valence-corrected chi connectivity index (χ4v) is 2.80. The second kappa shape index (κ2) is 7.30. The molecule has 6 nitrogen and oxygen atoms in total. The van der Waals surface area contributed by atoms with E-state index in [1.54, 1.807) is 11.0 Å². The minimum atomic E-state index is -0.558. The van der Waals surface area contributed by atoms with Crippen molar-refractivity contribution in [3.8, 4) is 0 Å². The van der Waals surface area contributed by atoms with Crippen LogP contribution >= 0.6 is 0 Å². The van der Waals surface area contributed by atoms with Crippen LogP contribution in [0.3, 0.4) is 0 Å². The van der Waals surface area contributed by atoms with Crippen LogP contribution in [0.2, 0.25) is 0 Å². The molecule has 0 radical (unpaired) electrons. The first-order chi connectivity index (χ1) is 11.2. The summed E-state index contributed by atoms with van der Waals surface area (Å²) in [6, 6.07) is 4.95. The van der Waals surface area contributed by atoms with Gasteiger partial charge in [-0.1, -0.05) is 26.8 Å². The van der Waals surface area contributed by atoms with Crippen LogP contribution in [0.15, 0.2) is 18.2 Å². The summed E-state index contributed by atoms with van der Waals surface area (Å²) in [7, 11) is 0. The molecule has 2 atom stereocenters. The van der Waals surface area contributed by atoms with E-state index in [1.165, 1.54) is 0 Å². The van der Waals surface area contributed by atoms with E-state index >= 15 is 0 Å². The van der Waals surface area contributed by atoms with Gasteiger partial charge in [0.15, 0.2) is 0 Å². The number of nitrogens with zero attached hydrogens (tertiary/aromatic N) is 2. The van der Waals surface area contributed by atoms with E-state index < -0.39 is 6.04 Å². The molecule has 1 aliphatic rings. The maximum Gasteiger partial charge on any atom is 0.240 e. The quantitative estimate of drug-likeness (QED) is 0.885. The van der Waals surface area contributed by atoms with E-state index in [4.69, 9.17) is 5.73 Å². The Hall–Kier alpha value is -1.95. The van der Waals surface area contributed by atoms with Crippen LogP contribution in [-0.2, 0) is 9.59 Å². The van der Waals surface area contributed by atoms with Gasteiger partial charge in [-0.15, -0.1) is 0 Å². The summed E-state index contributed by atoms with van der Waals surface area (Å²) in [6.45, 7) is 8.81. The molecule has 24 heavy (non-hydrogen) atoms. The van der Waals surface area contributed by atoms with Crippen LogP contribution in [-0.4, -0.2) is 40.8 Å². The first kappa shape index (κ1) is 18.4. The molecule has 1 fully saturated rings. The van der Waals surface area contributed by atoms with E-state index in [9.17, 15) is 9.59 Å². The van der Waals surface area contributed by atoms with Gasteiger partial charge in [-0.25, -0.2) is 4.98 Å². The standard InChI is InChI=1S/C18H28N4O2/c1-12-7-5-9-14(20-12)21-16(23)13-8-6-10-22(11-13)17(24)15(19)18(2,3)4/h5,7,9,13,15H,6,8,10-11,19H2,1-4H3,(H,20,21,23)/t13?,15-/m1/s1. The Morgan fingerprint density at radius 1 is 1.38 bits per heavy atom. The van der Waals surface area contributed by atoms with E-state index in [-0.39, 0.29) is 23.1 Å². The molecule has 0 spiro atoms. The largest absolute Gasteiger partial charge is 0.341 e. The number of nitrogens with one attached hydrogen (secondary N) is 1. The second-order valence-corrected chi connectivity index (χ2v) is 7.62. The third-order valence-corrected chi connectivity index (χ3v) is 4.44. The molecular formula is C18H28N4O2. The summed E-state index contributed by atoms with van der Waals surface area (Å²) >= 11 is 0. The Labute approximate surface area is 143 Å². The lowest BCUT2D eigenvalue weighted by molar-refractivity contribution is -0.138. The van der Waals surface area contributed by atoms with Crippen LogP contribution < -0.4 is 11.1 Å². The van der Waals surface area contributed by atoms with Gasteiger partial charge in [-0.2, -0.15) is 0 Å². The number of carbonyl (C=O) groups excluding carboxylic acids is 2. The molecule has 1 unspecified atom stereocenters. The van der Waals surface area contributed by atoms with Gasteiger partial charge >= 0.3 is 0 Å². The monoisotopic (exact) mass is 332 g/mol. The molecule has 2 amide bonds. The first-order valence-electron chi connectivity index (χ1n) is 8.47. The van der Waals surface area contributed by atoms with Crippen molar-refractivity contribution in [3.05, 3.63) is 23.9 Å². The Bertz CT molecular complexity index is 609. The van der Waals surface area contributed by atoms with E-state index in [0.717, 1.165) is 18.5 Å². The molecular weight excluding hydrogens is 304 g/mol. The highest BCUT2D eigenvalue weighted by molar-refractivity contribution is 5.92. The van der Waals surface area contributed by atoms with E-state index in [1.807, 2.05) is 39.8 Å². The number of aromatic nitrogens is 1. The average Bonchev–Trinajstić information content (AvgIpc) is 2.52. The van der Waals surface area contributed by atoms with Gasteiger partial charge in [0, 0.05) is 18.8 Å². The zero-order valence-corrected chi connectivity index (χ0v) is 15.0. The fraction of sp³-hybridized carbons (Fsp3) is 0.611. The van der Waals surface area contributed by atoms with Crippen LogP contribution in [0.5, 0.6) is 0 Å². The maximum atomic E-state index is 12.6. The minimum absolute atomic E-state index is 0.0753. The molecule has 0 aliphatic carbocycles. The topological polar surface area (TPSA) is 88.3 Å². The summed E-state index contributed by atoms with van der Waals surface area (Å²) in [4.78, 5) is 31.1. The molecule has 1 saturated heterocycles. The number of hydrogen-bond donors (Lipinski definition) is 2. The number of nitrogens with two attached hydrogens (primary N) is 1. The number of piperidine rings is 1. The lowest BCUT2D eigenvalue weighted by Crippen LogP contribution is -2.54. The number of carbonyl (C=O) groups is 2. The van der Waals surface area contributed by atoms with Gasteiger partial charge in [-0.3, -0.25) is 9.59 Å². The van der Waals surface area contributed by atoms with Crippen LogP contribution in [0, 0.1) is 18.3 Å². The van der Waals surface area contributed by atoms with Gasteiger partial charge in [0.25, 0.3) is 0 Å². The molecule has 2 rings (SSSR count). The summed E-state index contributed by atoms with van der Waals surface area (Å²) in [6.07, 6.45) is 1.58. The SMILES string of the molecule is Cc1cccc(NC(=O)C2CCCN(C(=O)[C@@H](N)C(C)(C)C)C2)n1. The number of amides is 2. The number of aryl methyl sites for hydroxylation is 1. The number of likely N-dealkylation sites (tertiary alicyclic amines) is 1. The molecule has 1 aliphatic heterocycles. The highest BCUT2D eigenvalue weighted by atomic mass is 16.2. The lowest BCUT2D eigenvalue weighted by Gasteiger charge is -2.36. The third kappa shape index (κ3) is 4.54. The van der Waals surface area contributed by atoms with Crippen molar-refractivity contribution < 1.29 is 9.59 Å². The predicted molar refractivity (Wildman–Crippen MR) is 94.3 cm³/mol. The Kier molecular flexibility index (Phi) is 5.59. The number of anilines is 1. The van der Waals surface area contributed by atoms with Crippen LogP contribution in [0.1, 0.15) is 39.3 Å². The van der Waals surface area contributed by atoms with Crippen molar-refractivity contribution in [1.82, 2.24) is 9.88 Å². The molecule has 6 heteroatoms. The smallest absolute Gasteiger partial charge is 0.240 e. The van der Waals surface area contributed by atoms with Crippen molar-refractivity contribution in [2.24, 2.45) is 17.1 Å². The van der Waals surface area contributed by atoms with Crippen molar-refractivity contribution in [1.29, 1.82) is 0 Å². The summed E-state index contributed by atoms with van der Waals surface area (Å²) in [5, 5.41) is 2.85. The molecule has 3 N–H and O–H groups in total. The average molecular weight is 332 g/mol. The molecule has 132 valence electrons. The number of hydrogen-bond acceptors (Lipinski definition) is 4. The lowest BCUT2D eigenvalue weighted by atomic mass is 9.85. The zero-order valence-electron chi connectivity index (χ0n) is 15.0. The normalized spacial score (nSPS) is 19.7. The Morgan fingerprint density at radius 3 is 2.71 bits per heavy atom. The van der Waals surface area contributed by atoms with Crippen LogP contribution in [0.25, 0.3) is 0 Å². The second-order valence-electron chi connectivity index (χ2n) is 7.62. The van der Waals surface area contributed by atoms with Gasteiger partial charge < -0.3 is 16.0 Å². The van der Waals surface area contributed by atoms with Gasteiger partial charge in [0.1, 0.15) is 5.82 Å². The van der Waals surface area contributed by atoms with Crippen molar-refractivity contribution in [2.45, 2.75) is 46.6 Å². The fourth-order valence-electron chi connectivity index (χ4n) is 2.80. The third-order valence-electron chi connectivity index (χ3n) is 4.44. The minimum Gasteiger partial charge on any atom is -0.341 e. The van der Waals surface area contributed by atoms with Crippen molar-refractivity contribution >= 4 is 17.6 Å². The van der Waals surface area contributed by atoms with E-state index in [2.05, 4.69) is 10.3 Å². The van der Waals surface area contributed by atoms with Crippen molar-refractivity contribution in [3.63, 3.8) is 0 Å². The van der Waals surface area contributed by atoms with Gasteiger partial charge in [0.05, 0.1) is 12.0 Å². The predicted octanol–water partition coefficient (Wildman–Crippen LogP) is 1.94.